The number of sulfonamides is 1. The molecule has 0 aliphatic heterocycles. The maximum Gasteiger partial charge on any atom is 0.244 e. The first kappa shape index (κ1) is 17.5. The Hall–Kier alpha value is -1.60. The summed E-state index contributed by atoms with van der Waals surface area (Å²) in [5, 5.41) is 5.80. The summed E-state index contributed by atoms with van der Waals surface area (Å²) in [5.74, 6) is -0.0644. The maximum atomic E-state index is 12.2. The molecule has 2 N–H and O–H groups in total. The third-order valence-electron chi connectivity index (χ3n) is 2.76. The van der Waals surface area contributed by atoms with Crippen molar-refractivity contribution >= 4 is 21.6 Å². The molecule has 7 heteroatoms. The van der Waals surface area contributed by atoms with Crippen LogP contribution in [0.15, 0.2) is 29.2 Å². The lowest BCUT2D eigenvalue weighted by Crippen LogP contribution is -2.31. The van der Waals surface area contributed by atoms with E-state index in [1.807, 2.05) is 13.8 Å². The van der Waals surface area contributed by atoms with Gasteiger partial charge in [-0.2, -0.15) is 0 Å². The van der Waals surface area contributed by atoms with Gasteiger partial charge < -0.3 is 10.6 Å². The predicted molar refractivity (Wildman–Crippen MR) is 83.7 cm³/mol. The van der Waals surface area contributed by atoms with E-state index < -0.39 is 10.0 Å². The molecule has 118 valence electrons. The Morgan fingerprint density at radius 2 is 1.86 bits per heavy atom. The second-order valence-electron chi connectivity index (χ2n) is 5.18. The van der Waals surface area contributed by atoms with Crippen molar-refractivity contribution in [3.63, 3.8) is 0 Å². The minimum absolute atomic E-state index is 0.0644. The number of hydrogen-bond acceptors (Lipinski definition) is 4. The van der Waals surface area contributed by atoms with Gasteiger partial charge in [0.1, 0.15) is 4.90 Å². The first-order valence-electron chi connectivity index (χ1n) is 6.80. The highest BCUT2D eigenvalue weighted by atomic mass is 32.2. The molecule has 0 heterocycles. The Morgan fingerprint density at radius 1 is 1.24 bits per heavy atom. The van der Waals surface area contributed by atoms with E-state index >= 15 is 0 Å². The second-order valence-corrected chi connectivity index (χ2v) is 7.30. The average Bonchev–Trinajstić information content (AvgIpc) is 2.38. The Morgan fingerprint density at radius 3 is 2.43 bits per heavy atom. The number of nitrogens with zero attached hydrogens (tertiary/aromatic N) is 1. The molecule has 1 aromatic carbocycles. The van der Waals surface area contributed by atoms with Gasteiger partial charge in [0.15, 0.2) is 0 Å². The third kappa shape index (κ3) is 5.02. The lowest BCUT2D eigenvalue weighted by molar-refractivity contribution is -0.121. The second kappa shape index (κ2) is 7.42. The molecule has 1 rings (SSSR count). The number of hydrogen-bond donors (Lipinski definition) is 2. The zero-order valence-electron chi connectivity index (χ0n) is 12.9. The van der Waals surface area contributed by atoms with E-state index in [9.17, 15) is 13.2 Å². The van der Waals surface area contributed by atoms with Gasteiger partial charge in [-0.25, -0.2) is 12.7 Å². The normalized spacial score (nSPS) is 11.7. The SMILES string of the molecule is CC(C)NC(=O)CCNc1ccccc1S(=O)(=O)N(C)C. The van der Waals surface area contributed by atoms with Crippen molar-refractivity contribution in [3.8, 4) is 0 Å². The smallest absolute Gasteiger partial charge is 0.244 e. The molecule has 1 aromatic rings. The van der Waals surface area contributed by atoms with E-state index in [4.69, 9.17) is 0 Å². The van der Waals surface area contributed by atoms with Gasteiger partial charge in [0, 0.05) is 33.1 Å². The summed E-state index contributed by atoms with van der Waals surface area (Å²) in [4.78, 5) is 11.8. The number of amides is 1. The van der Waals surface area contributed by atoms with E-state index in [1.54, 1.807) is 24.3 Å². The van der Waals surface area contributed by atoms with Crippen molar-refractivity contribution in [2.75, 3.05) is 26.0 Å². The molecule has 0 radical (unpaired) electrons. The average molecular weight is 313 g/mol. The van der Waals surface area contributed by atoms with Gasteiger partial charge in [-0.15, -0.1) is 0 Å². The molecule has 0 unspecified atom stereocenters. The zero-order chi connectivity index (χ0) is 16.0. The van der Waals surface area contributed by atoms with E-state index in [1.165, 1.54) is 18.4 Å². The molecular weight excluding hydrogens is 290 g/mol. The number of benzene rings is 1. The van der Waals surface area contributed by atoms with Gasteiger partial charge >= 0.3 is 0 Å². The first-order chi connectivity index (χ1) is 9.75. The van der Waals surface area contributed by atoms with Crippen molar-refractivity contribution in [2.24, 2.45) is 0 Å². The molecule has 0 aliphatic carbocycles. The van der Waals surface area contributed by atoms with Crippen LogP contribution in [-0.2, 0) is 14.8 Å². The number of carbonyl (C=O) groups excluding carboxylic acids is 1. The molecule has 21 heavy (non-hydrogen) atoms. The highest BCUT2D eigenvalue weighted by molar-refractivity contribution is 7.89. The van der Waals surface area contributed by atoms with Gasteiger partial charge in [0.05, 0.1) is 5.69 Å². The summed E-state index contributed by atoms with van der Waals surface area (Å²) < 4.78 is 25.6. The van der Waals surface area contributed by atoms with E-state index in [-0.39, 0.29) is 23.3 Å². The van der Waals surface area contributed by atoms with Crippen LogP contribution in [0, 0.1) is 0 Å². The molecular formula is C14H23N3O3S. The van der Waals surface area contributed by atoms with Crippen LogP contribution < -0.4 is 10.6 Å². The van der Waals surface area contributed by atoms with Gasteiger partial charge in [-0.1, -0.05) is 12.1 Å². The topological polar surface area (TPSA) is 78.5 Å². The quantitative estimate of drug-likeness (QED) is 0.794. The molecule has 0 spiro atoms. The lowest BCUT2D eigenvalue weighted by Gasteiger charge is -2.16. The number of anilines is 1. The van der Waals surface area contributed by atoms with Crippen molar-refractivity contribution in [3.05, 3.63) is 24.3 Å². The van der Waals surface area contributed by atoms with Crippen LogP contribution >= 0.6 is 0 Å². The monoisotopic (exact) mass is 313 g/mol. The van der Waals surface area contributed by atoms with E-state index in [2.05, 4.69) is 10.6 Å². The van der Waals surface area contributed by atoms with Crippen LogP contribution in [0.3, 0.4) is 0 Å². The first-order valence-corrected chi connectivity index (χ1v) is 8.24. The lowest BCUT2D eigenvalue weighted by atomic mass is 10.3. The van der Waals surface area contributed by atoms with Crippen LogP contribution in [0.1, 0.15) is 20.3 Å². The summed E-state index contributed by atoms with van der Waals surface area (Å²) in [6.07, 6.45) is 0.286. The molecule has 0 saturated carbocycles. The molecule has 6 nitrogen and oxygen atoms in total. The standard InChI is InChI=1S/C14H23N3O3S/c1-11(2)16-14(18)9-10-15-12-7-5-6-8-13(12)21(19,20)17(3)4/h5-8,11,15H,9-10H2,1-4H3,(H,16,18). The number of carbonyl (C=O) groups is 1. The van der Waals surface area contributed by atoms with Gasteiger partial charge in [-0.3, -0.25) is 4.79 Å². The van der Waals surface area contributed by atoms with Crippen LogP contribution in [0.5, 0.6) is 0 Å². The fourth-order valence-corrected chi connectivity index (χ4v) is 2.80. The van der Waals surface area contributed by atoms with Crippen LogP contribution in [0.4, 0.5) is 5.69 Å². The summed E-state index contributed by atoms with van der Waals surface area (Å²) in [7, 11) is -0.530. The van der Waals surface area contributed by atoms with Crippen LogP contribution in [-0.4, -0.2) is 45.3 Å². The molecule has 0 aliphatic rings. The Kier molecular flexibility index (Phi) is 6.17. The summed E-state index contributed by atoms with van der Waals surface area (Å²) in [6, 6.07) is 6.76. The van der Waals surface area contributed by atoms with Crippen molar-refractivity contribution < 1.29 is 13.2 Å². The minimum Gasteiger partial charge on any atom is -0.383 e. The van der Waals surface area contributed by atoms with Crippen LogP contribution in [0.2, 0.25) is 0 Å². The molecule has 0 atom stereocenters. The van der Waals surface area contributed by atoms with E-state index in [0.717, 1.165) is 0 Å². The van der Waals surface area contributed by atoms with Crippen LogP contribution in [0.25, 0.3) is 0 Å². The summed E-state index contributed by atoms with van der Waals surface area (Å²) >= 11 is 0. The highest BCUT2D eigenvalue weighted by Crippen LogP contribution is 2.22. The number of para-hydroxylation sites is 1. The maximum absolute atomic E-state index is 12.2. The fraction of sp³-hybridized carbons (Fsp3) is 0.500. The predicted octanol–water partition coefficient (Wildman–Crippen LogP) is 1.26. The van der Waals surface area contributed by atoms with Gasteiger partial charge in [-0.05, 0) is 26.0 Å². The zero-order valence-corrected chi connectivity index (χ0v) is 13.7. The van der Waals surface area contributed by atoms with Crippen molar-refractivity contribution in [2.45, 2.75) is 31.2 Å². The fourth-order valence-electron chi connectivity index (χ4n) is 1.74. The Balaban J connectivity index is 2.75. The third-order valence-corrected chi connectivity index (χ3v) is 4.64. The minimum atomic E-state index is -3.51. The van der Waals surface area contributed by atoms with E-state index in [0.29, 0.717) is 12.2 Å². The largest absolute Gasteiger partial charge is 0.383 e. The highest BCUT2D eigenvalue weighted by Gasteiger charge is 2.20. The molecule has 0 aromatic heterocycles. The molecule has 0 bridgehead atoms. The summed E-state index contributed by atoms with van der Waals surface area (Å²) in [5.41, 5.74) is 0.503. The van der Waals surface area contributed by atoms with Gasteiger partial charge in [0.2, 0.25) is 15.9 Å². The van der Waals surface area contributed by atoms with Gasteiger partial charge in [0.25, 0.3) is 0 Å². The Labute approximate surface area is 126 Å². The number of nitrogens with one attached hydrogen (secondary N) is 2. The summed E-state index contributed by atoms with van der Waals surface area (Å²) in [6.45, 7) is 4.16. The Bertz CT molecular complexity index is 583. The van der Waals surface area contributed by atoms with Crippen molar-refractivity contribution in [1.29, 1.82) is 0 Å². The number of rotatable bonds is 7. The molecule has 0 fully saturated rings. The molecule has 1 amide bonds. The van der Waals surface area contributed by atoms with Crippen molar-refractivity contribution in [1.82, 2.24) is 9.62 Å². The molecule has 0 saturated heterocycles.